The van der Waals surface area contributed by atoms with Gasteiger partial charge in [0, 0.05) is 20.2 Å². The van der Waals surface area contributed by atoms with Crippen LogP contribution in [0.1, 0.15) is 23.1 Å². The summed E-state index contributed by atoms with van der Waals surface area (Å²) in [6, 6.07) is 16.5. The van der Waals surface area contributed by atoms with Crippen molar-refractivity contribution in [1.29, 1.82) is 0 Å². The Morgan fingerprint density at radius 1 is 1.00 bits per heavy atom. The number of ketones is 1. The number of carbonyl (C=O) groups is 2. The van der Waals surface area contributed by atoms with E-state index in [0.717, 1.165) is 8.95 Å². The Kier molecular flexibility index (Phi) is 5.19. The number of furan rings is 1. The fourth-order valence-corrected chi connectivity index (χ4v) is 4.01. The van der Waals surface area contributed by atoms with Crippen molar-refractivity contribution in [3.05, 3.63) is 92.3 Å². The van der Waals surface area contributed by atoms with Crippen LogP contribution in [-0.2, 0) is 9.59 Å². The SMILES string of the molecule is Cc1ccc(C2/C(=C(/O)c3ccc(Br)cc3)C(=O)C(=O)N2c2cccc(Br)c2)o1. The fourth-order valence-electron chi connectivity index (χ4n) is 3.36. The number of Topliss-reactive ketones (excluding diaryl/α,β-unsaturated/α-hetero) is 1. The molecule has 1 unspecified atom stereocenters. The predicted molar refractivity (Wildman–Crippen MR) is 117 cm³/mol. The maximum absolute atomic E-state index is 13.0. The maximum Gasteiger partial charge on any atom is 0.300 e. The van der Waals surface area contributed by atoms with Gasteiger partial charge >= 0.3 is 0 Å². The molecule has 4 rings (SSSR count). The Morgan fingerprint density at radius 2 is 1.72 bits per heavy atom. The minimum absolute atomic E-state index is 0.00773. The van der Waals surface area contributed by atoms with E-state index in [1.165, 1.54) is 4.90 Å². The molecule has 2 heterocycles. The molecule has 7 heteroatoms. The van der Waals surface area contributed by atoms with E-state index in [0.29, 0.717) is 22.8 Å². The molecular weight excluding hydrogens is 502 g/mol. The highest BCUT2D eigenvalue weighted by atomic mass is 79.9. The van der Waals surface area contributed by atoms with Crippen LogP contribution in [0.3, 0.4) is 0 Å². The maximum atomic E-state index is 13.0. The van der Waals surface area contributed by atoms with Crippen molar-refractivity contribution < 1.29 is 19.1 Å². The van der Waals surface area contributed by atoms with E-state index in [1.54, 1.807) is 61.5 Å². The number of benzene rings is 2. The second-order valence-electron chi connectivity index (χ2n) is 6.60. The summed E-state index contributed by atoms with van der Waals surface area (Å²) < 4.78 is 7.37. The van der Waals surface area contributed by atoms with Gasteiger partial charge in [-0.05, 0) is 49.4 Å². The number of anilines is 1. The minimum atomic E-state index is -0.873. The third-order valence-electron chi connectivity index (χ3n) is 4.68. The molecule has 0 aliphatic carbocycles. The number of amides is 1. The Labute approximate surface area is 183 Å². The van der Waals surface area contributed by atoms with Gasteiger partial charge in [-0.15, -0.1) is 0 Å². The number of aryl methyl sites for hydroxylation is 1. The molecule has 1 N–H and O–H groups in total. The van der Waals surface area contributed by atoms with Crippen LogP contribution >= 0.6 is 31.9 Å². The van der Waals surface area contributed by atoms with Gasteiger partial charge in [0.1, 0.15) is 23.3 Å². The lowest BCUT2D eigenvalue weighted by Gasteiger charge is -2.23. The molecule has 1 aliphatic rings. The molecule has 0 bridgehead atoms. The van der Waals surface area contributed by atoms with Gasteiger partial charge in [-0.3, -0.25) is 14.5 Å². The van der Waals surface area contributed by atoms with Crippen molar-refractivity contribution in [3.8, 4) is 0 Å². The molecule has 0 spiro atoms. The quantitative estimate of drug-likeness (QED) is 0.274. The van der Waals surface area contributed by atoms with Crippen LogP contribution in [0.2, 0.25) is 0 Å². The first-order chi connectivity index (χ1) is 13.9. The Bertz CT molecular complexity index is 1150. The number of halogens is 2. The molecule has 1 amide bonds. The van der Waals surface area contributed by atoms with E-state index in [-0.39, 0.29) is 11.3 Å². The van der Waals surface area contributed by atoms with Crippen molar-refractivity contribution in [2.75, 3.05) is 4.90 Å². The first kappa shape index (κ1) is 19.7. The normalized spacial score (nSPS) is 18.4. The van der Waals surface area contributed by atoms with Gasteiger partial charge in [-0.1, -0.05) is 50.1 Å². The van der Waals surface area contributed by atoms with Crippen LogP contribution < -0.4 is 4.90 Å². The first-order valence-corrected chi connectivity index (χ1v) is 10.3. The predicted octanol–water partition coefficient (Wildman–Crippen LogP) is 5.74. The van der Waals surface area contributed by atoms with Crippen molar-refractivity contribution in [2.45, 2.75) is 13.0 Å². The number of rotatable bonds is 3. The number of aliphatic hydroxyl groups excluding tert-OH is 1. The summed E-state index contributed by atoms with van der Waals surface area (Å²) in [5, 5.41) is 11.0. The molecule has 1 saturated heterocycles. The summed E-state index contributed by atoms with van der Waals surface area (Å²) in [7, 11) is 0. The monoisotopic (exact) mass is 515 g/mol. The number of hydrogen-bond acceptors (Lipinski definition) is 4. The molecule has 2 aromatic carbocycles. The van der Waals surface area contributed by atoms with Gasteiger partial charge in [0.2, 0.25) is 0 Å². The molecule has 1 aromatic heterocycles. The van der Waals surface area contributed by atoms with Gasteiger partial charge in [-0.2, -0.15) is 0 Å². The van der Waals surface area contributed by atoms with Gasteiger partial charge in [0.05, 0.1) is 5.57 Å². The third kappa shape index (κ3) is 3.56. The van der Waals surface area contributed by atoms with Crippen LogP contribution in [0.4, 0.5) is 5.69 Å². The molecule has 0 saturated carbocycles. The van der Waals surface area contributed by atoms with Gasteiger partial charge in [0.15, 0.2) is 0 Å². The second-order valence-corrected chi connectivity index (χ2v) is 8.44. The van der Waals surface area contributed by atoms with E-state index in [2.05, 4.69) is 31.9 Å². The van der Waals surface area contributed by atoms with Crippen molar-refractivity contribution in [1.82, 2.24) is 0 Å². The first-order valence-electron chi connectivity index (χ1n) is 8.75. The minimum Gasteiger partial charge on any atom is -0.507 e. The zero-order chi connectivity index (χ0) is 20.7. The molecule has 1 aliphatic heterocycles. The topological polar surface area (TPSA) is 70.8 Å². The lowest BCUT2D eigenvalue weighted by atomic mass is 9.99. The molecule has 1 fully saturated rings. The lowest BCUT2D eigenvalue weighted by Crippen LogP contribution is -2.29. The van der Waals surface area contributed by atoms with Crippen molar-refractivity contribution >= 4 is 55.0 Å². The van der Waals surface area contributed by atoms with Gasteiger partial charge < -0.3 is 9.52 Å². The van der Waals surface area contributed by atoms with Crippen LogP contribution in [-0.4, -0.2) is 16.8 Å². The highest BCUT2D eigenvalue weighted by Gasteiger charge is 2.48. The van der Waals surface area contributed by atoms with Crippen LogP contribution in [0.15, 0.2) is 79.6 Å². The van der Waals surface area contributed by atoms with E-state index in [4.69, 9.17) is 4.42 Å². The summed E-state index contributed by atoms with van der Waals surface area (Å²) in [4.78, 5) is 27.3. The summed E-state index contributed by atoms with van der Waals surface area (Å²) in [6.45, 7) is 1.78. The fraction of sp³-hybridized carbons (Fsp3) is 0.0909. The van der Waals surface area contributed by atoms with Crippen LogP contribution in [0.25, 0.3) is 5.76 Å². The molecular formula is C22H15Br2NO4. The van der Waals surface area contributed by atoms with Crippen LogP contribution in [0.5, 0.6) is 0 Å². The van der Waals surface area contributed by atoms with E-state index < -0.39 is 17.7 Å². The Balaban J connectivity index is 1.94. The summed E-state index contributed by atoms with van der Waals surface area (Å²) in [5.74, 6) is -0.679. The summed E-state index contributed by atoms with van der Waals surface area (Å²) in [6.07, 6.45) is 0. The molecule has 0 radical (unpaired) electrons. The summed E-state index contributed by atoms with van der Waals surface area (Å²) in [5.41, 5.74) is 0.954. The van der Waals surface area contributed by atoms with Crippen LogP contribution in [0, 0.1) is 6.92 Å². The number of aliphatic hydroxyl groups is 1. The smallest absolute Gasteiger partial charge is 0.300 e. The highest BCUT2D eigenvalue weighted by molar-refractivity contribution is 9.10. The second kappa shape index (κ2) is 7.65. The standard InChI is InChI=1S/C22H15Br2NO4/c1-12-5-10-17(29-12)19-18(20(26)13-6-8-14(23)9-7-13)21(27)22(28)25(19)16-4-2-3-15(24)11-16/h2-11,19,26H,1H3/b20-18-. The number of nitrogens with zero attached hydrogens (tertiary/aromatic N) is 1. The Morgan fingerprint density at radius 3 is 2.34 bits per heavy atom. The molecule has 29 heavy (non-hydrogen) atoms. The van der Waals surface area contributed by atoms with E-state index in [9.17, 15) is 14.7 Å². The zero-order valence-corrected chi connectivity index (χ0v) is 18.4. The van der Waals surface area contributed by atoms with Gasteiger partial charge in [-0.25, -0.2) is 0 Å². The average molecular weight is 517 g/mol. The van der Waals surface area contributed by atoms with E-state index >= 15 is 0 Å². The zero-order valence-electron chi connectivity index (χ0n) is 15.2. The molecule has 3 aromatic rings. The van der Waals surface area contributed by atoms with Crippen molar-refractivity contribution in [2.24, 2.45) is 0 Å². The molecule has 5 nitrogen and oxygen atoms in total. The molecule has 146 valence electrons. The van der Waals surface area contributed by atoms with E-state index in [1.807, 2.05) is 6.07 Å². The summed E-state index contributed by atoms with van der Waals surface area (Å²) >= 11 is 6.75. The number of carbonyl (C=O) groups excluding carboxylic acids is 2. The number of hydrogen-bond donors (Lipinski definition) is 1. The third-order valence-corrected chi connectivity index (χ3v) is 5.70. The van der Waals surface area contributed by atoms with Gasteiger partial charge in [0.25, 0.3) is 11.7 Å². The highest BCUT2D eigenvalue weighted by Crippen LogP contribution is 2.43. The average Bonchev–Trinajstić information content (AvgIpc) is 3.23. The van der Waals surface area contributed by atoms with Crippen molar-refractivity contribution in [3.63, 3.8) is 0 Å². The Hall–Kier alpha value is -2.64. The lowest BCUT2D eigenvalue weighted by molar-refractivity contribution is -0.132. The molecule has 1 atom stereocenters. The largest absolute Gasteiger partial charge is 0.507 e.